The molecule has 2 aromatic rings. The molecule has 0 saturated carbocycles. The average Bonchev–Trinajstić information content (AvgIpc) is 2.60. The second-order valence-electron chi connectivity index (χ2n) is 5.70. The van der Waals surface area contributed by atoms with Gasteiger partial charge in [0.2, 0.25) is 0 Å². The number of benzene rings is 2. The summed E-state index contributed by atoms with van der Waals surface area (Å²) in [6.45, 7) is 2.90. The van der Waals surface area contributed by atoms with Gasteiger partial charge in [-0.25, -0.2) is 0 Å². The van der Waals surface area contributed by atoms with Crippen LogP contribution >= 0.6 is 0 Å². The van der Waals surface area contributed by atoms with Gasteiger partial charge in [-0.05, 0) is 42.3 Å². The second-order valence-corrected chi connectivity index (χ2v) is 5.70. The fourth-order valence-electron chi connectivity index (χ4n) is 2.37. The molecule has 0 aliphatic heterocycles. The lowest BCUT2D eigenvalue weighted by Gasteiger charge is -2.06. The Morgan fingerprint density at radius 2 is 1.92 bits per heavy atom. The molecule has 0 radical (unpaired) electrons. The van der Waals surface area contributed by atoms with E-state index in [2.05, 4.69) is 6.92 Å². The van der Waals surface area contributed by atoms with Gasteiger partial charge in [-0.3, -0.25) is 4.79 Å². The second kappa shape index (κ2) is 9.56. The van der Waals surface area contributed by atoms with Crippen molar-refractivity contribution in [2.24, 2.45) is 0 Å². The van der Waals surface area contributed by atoms with Gasteiger partial charge in [-0.1, -0.05) is 56.5 Å². The molecule has 0 unspecified atom stereocenters. The smallest absolute Gasteiger partial charge is 0.189 e. The summed E-state index contributed by atoms with van der Waals surface area (Å²) in [7, 11) is 0. The van der Waals surface area contributed by atoms with Crippen LogP contribution in [0.3, 0.4) is 0 Å². The van der Waals surface area contributed by atoms with Crippen molar-refractivity contribution in [1.29, 1.82) is 0 Å². The molecule has 0 aliphatic rings. The molecule has 0 saturated heterocycles. The number of carbonyl (C=O) groups excluding carboxylic acids is 1. The number of para-hydroxylation sites is 1. The van der Waals surface area contributed by atoms with Crippen molar-refractivity contribution in [2.45, 2.75) is 32.6 Å². The van der Waals surface area contributed by atoms with E-state index in [-0.39, 0.29) is 11.5 Å². The van der Waals surface area contributed by atoms with Gasteiger partial charge < -0.3 is 9.84 Å². The summed E-state index contributed by atoms with van der Waals surface area (Å²) < 4.78 is 5.74. The first kappa shape index (κ1) is 17.8. The number of hydrogen-bond acceptors (Lipinski definition) is 3. The molecule has 24 heavy (non-hydrogen) atoms. The summed E-state index contributed by atoms with van der Waals surface area (Å²) >= 11 is 0. The minimum absolute atomic E-state index is 0.00341. The number of phenolic OH excluding ortho intramolecular Hbond substituents is 1. The molecule has 0 aliphatic carbocycles. The first-order chi connectivity index (χ1) is 11.7. The summed E-state index contributed by atoms with van der Waals surface area (Å²) in [4.78, 5) is 12.1. The number of carbonyl (C=O) groups is 1. The van der Waals surface area contributed by atoms with Crippen LogP contribution in [0.5, 0.6) is 11.5 Å². The van der Waals surface area contributed by atoms with Crippen LogP contribution in [0, 0.1) is 0 Å². The van der Waals surface area contributed by atoms with E-state index in [9.17, 15) is 9.90 Å². The van der Waals surface area contributed by atoms with E-state index in [4.69, 9.17) is 4.74 Å². The van der Waals surface area contributed by atoms with Crippen molar-refractivity contribution in [1.82, 2.24) is 0 Å². The van der Waals surface area contributed by atoms with E-state index < -0.39 is 0 Å². The van der Waals surface area contributed by atoms with Gasteiger partial charge in [0.1, 0.15) is 11.5 Å². The van der Waals surface area contributed by atoms with Crippen LogP contribution in [0.4, 0.5) is 0 Å². The largest absolute Gasteiger partial charge is 0.507 e. The van der Waals surface area contributed by atoms with Crippen LogP contribution < -0.4 is 4.74 Å². The Hall–Kier alpha value is -2.55. The average molecular weight is 324 g/mol. The quantitative estimate of drug-likeness (QED) is 0.389. The number of rotatable bonds is 9. The minimum Gasteiger partial charge on any atom is -0.507 e. The van der Waals surface area contributed by atoms with Crippen LogP contribution in [-0.2, 0) is 0 Å². The molecule has 0 spiro atoms. The number of phenols is 1. The lowest BCUT2D eigenvalue weighted by Crippen LogP contribution is -1.97. The molecule has 0 heterocycles. The summed E-state index contributed by atoms with van der Waals surface area (Å²) in [6, 6.07) is 14.2. The van der Waals surface area contributed by atoms with Gasteiger partial charge in [0.15, 0.2) is 5.78 Å². The van der Waals surface area contributed by atoms with Crippen molar-refractivity contribution >= 4 is 11.9 Å². The maximum Gasteiger partial charge on any atom is 0.189 e. The van der Waals surface area contributed by atoms with Gasteiger partial charge in [0.05, 0.1) is 12.2 Å². The Balaban J connectivity index is 1.94. The Labute approximate surface area is 143 Å². The molecular weight excluding hydrogens is 300 g/mol. The Morgan fingerprint density at radius 3 is 2.71 bits per heavy atom. The monoisotopic (exact) mass is 324 g/mol. The van der Waals surface area contributed by atoms with Crippen molar-refractivity contribution in [2.75, 3.05) is 6.61 Å². The first-order valence-corrected chi connectivity index (χ1v) is 8.44. The SMILES string of the molecule is CCCCCCOc1cccc(/C=C/C(=O)c2ccccc2O)c1. The normalized spacial score (nSPS) is 10.9. The van der Waals surface area contributed by atoms with E-state index in [0.717, 1.165) is 17.7 Å². The molecule has 2 rings (SSSR count). The van der Waals surface area contributed by atoms with Crippen LogP contribution in [0.25, 0.3) is 6.08 Å². The van der Waals surface area contributed by atoms with E-state index in [0.29, 0.717) is 12.2 Å². The van der Waals surface area contributed by atoms with Crippen molar-refractivity contribution in [3.05, 3.63) is 65.7 Å². The number of ketones is 1. The molecule has 126 valence electrons. The van der Waals surface area contributed by atoms with Gasteiger partial charge in [0.25, 0.3) is 0 Å². The molecule has 0 bridgehead atoms. The zero-order chi connectivity index (χ0) is 17.2. The van der Waals surface area contributed by atoms with Crippen LogP contribution in [0.15, 0.2) is 54.6 Å². The molecule has 1 N–H and O–H groups in total. The molecule has 2 aromatic carbocycles. The van der Waals surface area contributed by atoms with Gasteiger partial charge in [-0.2, -0.15) is 0 Å². The number of ether oxygens (including phenoxy) is 1. The van der Waals surface area contributed by atoms with Crippen molar-refractivity contribution in [3.8, 4) is 11.5 Å². The molecule has 0 aromatic heterocycles. The fraction of sp³-hybridized carbons (Fsp3) is 0.286. The molecule has 3 heteroatoms. The van der Waals surface area contributed by atoms with E-state index in [1.165, 1.54) is 31.4 Å². The predicted molar refractivity (Wildman–Crippen MR) is 97.6 cm³/mol. The van der Waals surface area contributed by atoms with Crippen LogP contribution in [-0.4, -0.2) is 17.5 Å². The van der Waals surface area contributed by atoms with Crippen LogP contribution in [0.1, 0.15) is 48.5 Å². The van der Waals surface area contributed by atoms with E-state index in [1.54, 1.807) is 24.3 Å². The number of aromatic hydroxyl groups is 1. The summed E-state index contributed by atoms with van der Waals surface area (Å²) in [6.07, 6.45) is 7.89. The lowest BCUT2D eigenvalue weighted by molar-refractivity contribution is 0.104. The highest BCUT2D eigenvalue weighted by Gasteiger charge is 2.06. The van der Waals surface area contributed by atoms with Gasteiger partial charge in [0, 0.05) is 0 Å². The topological polar surface area (TPSA) is 46.5 Å². The standard InChI is InChI=1S/C21H24O3/c1-2-3-4-7-15-24-18-10-8-9-17(16-18)13-14-21(23)19-11-5-6-12-20(19)22/h5-6,8-14,16,22H,2-4,7,15H2,1H3/b14-13+. The maximum absolute atomic E-state index is 12.1. The zero-order valence-corrected chi connectivity index (χ0v) is 14.1. The third-order valence-electron chi connectivity index (χ3n) is 3.72. The first-order valence-electron chi connectivity index (χ1n) is 8.44. The third kappa shape index (κ3) is 5.58. The molecule has 0 amide bonds. The summed E-state index contributed by atoms with van der Waals surface area (Å²) in [5.74, 6) is 0.582. The number of unbranched alkanes of at least 4 members (excludes halogenated alkanes) is 3. The van der Waals surface area contributed by atoms with Gasteiger partial charge >= 0.3 is 0 Å². The summed E-state index contributed by atoms with van der Waals surface area (Å²) in [5, 5.41) is 9.71. The molecular formula is C21H24O3. The number of hydrogen-bond donors (Lipinski definition) is 1. The van der Waals surface area contributed by atoms with E-state index >= 15 is 0 Å². The Kier molecular flexibility index (Phi) is 7.09. The molecule has 3 nitrogen and oxygen atoms in total. The predicted octanol–water partition coefficient (Wildman–Crippen LogP) is 5.25. The zero-order valence-electron chi connectivity index (χ0n) is 14.1. The summed E-state index contributed by atoms with van der Waals surface area (Å²) in [5.41, 5.74) is 1.20. The number of allylic oxidation sites excluding steroid dienone is 1. The maximum atomic E-state index is 12.1. The Morgan fingerprint density at radius 1 is 1.08 bits per heavy atom. The highest BCUT2D eigenvalue weighted by atomic mass is 16.5. The molecule has 0 fully saturated rings. The highest BCUT2D eigenvalue weighted by Crippen LogP contribution is 2.18. The van der Waals surface area contributed by atoms with E-state index in [1.807, 2.05) is 24.3 Å². The molecule has 0 atom stereocenters. The lowest BCUT2D eigenvalue weighted by atomic mass is 10.1. The fourth-order valence-corrected chi connectivity index (χ4v) is 2.37. The minimum atomic E-state index is -0.223. The van der Waals surface area contributed by atoms with Crippen molar-refractivity contribution < 1.29 is 14.6 Å². The highest BCUT2D eigenvalue weighted by molar-refractivity contribution is 6.08. The van der Waals surface area contributed by atoms with Crippen LogP contribution in [0.2, 0.25) is 0 Å². The van der Waals surface area contributed by atoms with Gasteiger partial charge in [-0.15, -0.1) is 0 Å². The third-order valence-corrected chi connectivity index (χ3v) is 3.72. The Bertz CT molecular complexity index is 689. The van der Waals surface area contributed by atoms with Crippen molar-refractivity contribution in [3.63, 3.8) is 0 Å².